The van der Waals surface area contributed by atoms with Crippen molar-refractivity contribution in [2.24, 2.45) is 29.1 Å². The molecule has 0 aromatic rings. The van der Waals surface area contributed by atoms with Crippen molar-refractivity contribution in [1.29, 1.82) is 0 Å². The summed E-state index contributed by atoms with van der Waals surface area (Å²) in [7, 11) is 0. The van der Waals surface area contributed by atoms with Crippen molar-refractivity contribution in [3.63, 3.8) is 0 Å². The molecule has 1 heterocycles. The van der Waals surface area contributed by atoms with Gasteiger partial charge in [-0.2, -0.15) is 0 Å². The molecule has 0 spiro atoms. The van der Waals surface area contributed by atoms with Crippen LogP contribution in [0.15, 0.2) is 12.7 Å². The molecule has 3 fully saturated rings. The molecule has 142 valence electrons. The molecule has 2 saturated carbocycles. The molecule has 0 aromatic heterocycles. The van der Waals surface area contributed by atoms with Gasteiger partial charge in [0.2, 0.25) is 0 Å². The Hall–Kier alpha value is 0.390. The van der Waals surface area contributed by atoms with Gasteiger partial charge in [0.05, 0.1) is 11.7 Å². The van der Waals surface area contributed by atoms with Crippen molar-refractivity contribution in [3.8, 4) is 0 Å². The number of ether oxygens (including phenoxy) is 2. The lowest BCUT2D eigenvalue weighted by atomic mass is 9.63. The van der Waals surface area contributed by atoms with Gasteiger partial charge in [0.15, 0.2) is 6.29 Å². The van der Waals surface area contributed by atoms with Gasteiger partial charge in [-0.1, -0.05) is 47.1 Å². The highest BCUT2D eigenvalue weighted by atomic mass is 127. The average Bonchev–Trinajstić information content (AvgIpc) is 3.00. The third-order valence-electron chi connectivity index (χ3n) is 7.27. The molecule has 7 atom stereocenters. The van der Waals surface area contributed by atoms with Gasteiger partial charge in [0, 0.05) is 0 Å². The van der Waals surface area contributed by atoms with Crippen LogP contribution in [0.1, 0.15) is 74.1 Å². The van der Waals surface area contributed by atoms with E-state index in [1.54, 1.807) is 6.08 Å². The lowest BCUT2D eigenvalue weighted by Gasteiger charge is -2.44. The highest BCUT2D eigenvalue weighted by molar-refractivity contribution is 14.0. The van der Waals surface area contributed by atoms with E-state index in [1.807, 2.05) is 6.92 Å². The SMILES string of the molecule is C=CC.CC[C@@H]1O[C@H]2CC3[C@H](C)CC[C@H]3C(C)(C)[C@@H](C)[C@@]2(C)O1.I. The molecule has 3 heteroatoms. The summed E-state index contributed by atoms with van der Waals surface area (Å²) in [4.78, 5) is 0. The van der Waals surface area contributed by atoms with Crippen molar-refractivity contribution in [2.45, 2.75) is 92.1 Å². The number of rotatable bonds is 1. The minimum atomic E-state index is -0.103. The molecule has 0 amide bonds. The Bertz CT molecular complexity index is 422. The van der Waals surface area contributed by atoms with E-state index in [0.29, 0.717) is 11.3 Å². The van der Waals surface area contributed by atoms with Gasteiger partial charge < -0.3 is 9.47 Å². The first-order chi connectivity index (χ1) is 10.7. The average molecular weight is 450 g/mol. The lowest BCUT2D eigenvalue weighted by molar-refractivity contribution is -0.125. The molecule has 0 aromatic carbocycles. The summed E-state index contributed by atoms with van der Waals surface area (Å²) in [6, 6.07) is 0. The number of allylic oxidation sites excluding steroid dienone is 1. The van der Waals surface area contributed by atoms with E-state index >= 15 is 0 Å². The van der Waals surface area contributed by atoms with E-state index in [9.17, 15) is 0 Å². The van der Waals surface area contributed by atoms with Crippen molar-refractivity contribution in [3.05, 3.63) is 12.7 Å². The van der Waals surface area contributed by atoms with E-state index in [-0.39, 0.29) is 42.0 Å². The summed E-state index contributed by atoms with van der Waals surface area (Å²) in [5, 5.41) is 0. The Labute approximate surface area is 167 Å². The minimum Gasteiger partial charge on any atom is -0.346 e. The third kappa shape index (κ3) is 3.73. The number of hydrogen-bond acceptors (Lipinski definition) is 2. The second-order valence-corrected chi connectivity index (χ2v) is 8.78. The van der Waals surface area contributed by atoms with Crippen LogP contribution in [0.5, 0.6) is 0 Å². The van der Waals surface area contributed by atoms with Crippen molar-refractivity contribution in [2.75, 3.05) is 0 Å². The second-order valence-electron chi connectivity index (χ2n) is 8.78. The zero-order valence-corrected chi connectivity index (χ0v) is 19.1. The monoisotopic (exact) mass is 450 g/mol. The number of halogens is 1. The summed E-state index contributed by atoms with van der Waals surface area (Å²) >= 11 is 0. The van der Waals surface area contributed by atoms with Gasteiger partial charge in [0.25, 0.3) is 0 Å². The Kier molecular flexibility index (Phi) is 7.84. The third-order valence-corrected chi connectivity index (χ3v) is 7.27. The lowest BCUT2D eigenvalue weighted by Crippen LogP contribution is -2.48. The summed E-state index contributed by atoms with van der Waals surface area (Å²) in [6.07, 6.45) is 7.00. The molecule has 3 aliphatic rings. The topological polar surface area (TPSA) is 18.5 Å². The molecular weight excluding hydrogens is 411 g/mol. The zero-order valence-electron chi connectivity index (χ0n) is 16.8. The maximum atomic E-state index is 6.41. The summed E-state index contributed by atoms with van der Waals surface area (Å²) < 4.78 is 12.7. The largest absolute Gasteiger partial charge is 0.346 e. The van der Waals surface area contributed by atoms with E-state index in [0.717, 1.165) is 24.2 Å². The Morgan fingerprint density at radius 1 is 1.17 bits per heavy atom. The second kappa shape index (κ2) is 8.39. The highest BCUT2D eigenvalue weighted by Crippen LogP contribution is 2.60. The van der Waals surface area contributed by atoms with Gasteiger partial charge in [-0.25, -0.2) is 0 Å². The van der Waals surface area contributed by atoms with E-state index < -0.39 is 0 Å². The molecule has 0 bridgehead atoms. The zero-order chi connectivity index (χ0) is 17.4. The van der Waals surface area contributed by atoms with Gasteiger partial charge in [-0.05, 0) is 62.2 Å². The van der Waals surface area contributed by atoms with Gasteiger partial charge in [-0.15, -0.1) is 30.6 Å². The van der Waals surface area contributed by atoms with Crippen LogP contribution >= 0.6 is 24.0 Å². The molecule has 24 heavy (non-hydrogen) atoms. The molecular formula is C21H39IO2. The smallest absolute Gasteiger partial charge is 0.158 e. The Morgan fingerprint density at radius 3 is 2.29 bits per heavy atom. The molecule has 0 N–H and O–H groups in total. The predicted octanol–water partition coefficient (Wildman–Crippen LogP) is 6.44. The normalized spacial score (nSPS) is 45.8. The standard InChI is InChI=1S/C18H32O2.C3H6.HI/c1-7-16-19-15-10-13-11(2)8-9-14(13)17(4,5)12(3)18(15,6)20-16;1-3-2;/h11-16H,7-10H2,1-6H3;3H,1H2,2H3;1H/t11-,12-,13?,14-,15+,16-,18-;;/m1../s1. The van der Waals surface area contributed by atoms with E-state index in [1.165, 1.54) is 19.3 Å². The first-order valence-corrected chi connectivity index (χ1v) is 9.62. The number of hydrogen-bond donors (Lipinski definition) is 0. The maximum absolute atomic E-state index is 6.41. The van der Waals surface area contributed by atoms with Crippen LogP contribution in [-0.2, 0) is 9.47 Å². The fourth-order valence-corrected chi connectivity index (χ4v) is 5.45. The summed E-state index contributed by atoms with van der Waals surface area (Å²) in [5.41, 5.74) is 0.235. The van der Waals surface area contributed by atoms with Gasteiger partial charge >= 0.3 is 0 Å². The highest BCUT2D eigenvalue weighted by Gasteiger charge is 2.60. The van der Waals surface area contributed by atoms with E-state index in [2.05, 4.69) is 48.1 Å². The predicted molar refractivity (Wildman–Crippen MR) is 113 cm³/mol. The molecule has 1 unspecified atom stereocenters. The molecule has 2 aliphatic carbocycles. The first kappa shape index (κ1) is 22.4. The van der Waals surface area contributed by atoms with Crippen LogP contribution < -0.4 is 0 Å². The summed E-state index contributed by atoms with van der Waals surface area (Å²) in [6.45, 7) is 19.5. The first-order valence-electron chi connectivity index (χ1n) is 9.62. The maximum Gasteiger partial charge on any atom is 0.158 e. The van der Waals surface area contributed by atoms with Crippen LogP contribution in [0.3, 0.4) is 0 Å². The van der Waals surface area contributed by atoms with E-state index in [4.69, 9.17) is 9.47 Å². The molecule has 0 radical (unpaired) electrons. The molecule has 3 rings (SSSR count). The minimum absolute atomic E-state index is 0. The van der Waals surface area contributed by atoms with Crippen molar-refractivity contribution >= 4 is 24.0 Å². The summed E-state index contributed by atoms with van der Waals surface area (Å²) in [5.74, 6) is 3.04. The molecule has 1 saturated heterocycles. The van der Waals surface area contributed by atoms with Crippen LogP contribution in [0.2, 0.25) is 0 Å². The van der Waals surface area contributed by atoms with Crippen LogP contribution in [0.25, 0.3) is 0 Å². The van der Waals surface area contributed by atoms with Crippen LogP contribution in [0, 0.1) is 29.1 Å². The quantitative estimate of drug-likeness (QED) is 0.338. The number of fused-ring (bicyclic) bond motifs is 2. The van der Waals surface area contributed by atoms with Gasteiger partial charge in [0.1, 0.15) is 0 Å². The Balaban J connectivity index is 0.000000671. The van der Waals surface area contributed by atoms with Crippen LogP contribution in [0.4, 0.5) is 0 Å². The Morgan fingerprint density at radius 2 is 1.75 bits per heavy atom. The van der Waals surface area contributed by atoms with Gasteiger partial charge in [-0.3, -0.25) is 0 Å². The molecule has 1 aliphatic heterocycles. The van der Waals surface area contributed by atoms with Crippen molar-refractivity contribution < 1.29 is 9.47 Å². The van der Waals surface area contributed by atoms with Crippen molar-refractivity contribution in [1.82, 2.24) is 0 Å². The fraction of sp³-hybridized carbons (Fsp3) is 0.905. The van der Waals surface area contributed by atoms with Crippen LogP contribution in [-0.4, -0.2) is 18.0 Å². The fourth-order valence-electron chi connectivity index (χ4n) is 5.45. The molecule has 2 nitrogen and oxygen atoms in total.